The van der Waals surface area contributed by atoms with Gasteiger partial charge in [0, 0.05) is 18.5 Å². The van der Waals surface area contributed by atoms with Crippen LogP contribution in [0.1, 0.15) is 49.7 Å². The van der Waals surface area contributed by atoms with Gasteiger partial charge in [-0.25, -0.2) is 8.42 Å². The summed E-state index contributed by atoms with van der Waals surface area (Å²) in [5.41, 5.74) is 3.39. The number of rotatable bonds is 3. The molecule has 0 aromatic heterocycles. The molecule has 0 N–H and O–H groups in total. The van der Waals surface area contributed by atoms with Gasteiger partial charge in [0.2, 0.25) is 10.0 Å². The SMILES string of the molecule is Cc1ccc(S(=O)(=O)N2C/C(=C\c3ccccc3)[C@H]3/C=C/CCCCCC[C@@H]32)cc1. The van der Waals surface area contributed by atoms with Gasteiger partial charge < -0.3 is 0 Å². The van der Waals surface area contributed by atoms with Crippen molar-refractivity contribution in [3.8, 4) is 0 Å². The molecule has 0 amide bonds. The Labute approximate surface area is 181 Å². The number of sulfonamides is 1. The van der Waals surface area contributed by atoms with Crippen LogP contribution in [0.3, 0.4) is 0 Å². The fraction of sp³-hybridized carbons (Fsp3) is 0.385. The highest BCUT2D eigenvalue weighted by atomic mass is 32.2. The Bertz CT molecular complexity index is 1010. The van der Waals surface area contributed by atoms with Crippen molar-refractivity contribution in [1.29, 1.82) is 0 Å². The fourth-order valence-corrected chi connectivity index (χ4v) is 6.29. The molecule has 2 atom stereocenters. The van der Waals surface area contributed by atoms with Crippen molar-refractivity contribution in [2.24, 2.45) is 5.92 Å². The summed E-state index contributed by atoms with van der Waals surface area (Å²) >= 11 is 0. The van der Waals surface area contributed by atoms with E-state index in [0.717, 1.165) is 30.4 Å². The lowest BCUT2D eigenvalue weighted by Crippen LogP contribution is -2.37. The molecule has 1 saturated heterocycles. The van der Waals surface area contributed by atoms with Crippen molar-refractivity contribution in [1.82, 2.24) is 4.31 Å². The molecule has 0 spiro atoms. The van der Waals surface area contributed by atoms with Crippen LogP contribution in [0, 0.1) is 12.8 Å². The highest BCUT2D eigenvalue weighted by Gasteiger charge is 2.42. The van der Waals surface area contributed by atoms with Gasteiger partial charge in [-0.2, -0.15) is 4.31 Å². The molecule has 1 aliphatic carbocycles. The second-order valence-corrected chi connectivity index (χ2v) is 10.4. The summed E-state index contributed by atoms with van der Waals surface area (Å²) in [6, 6.07) is 17.5. The first-order valence-corrected chi connectivity index (χ1v) is 12.5. The summed E-state index contributed by atoms with van der Waals surface area (Å²) in [5, 5.41) is 0. The third-order valence-corrected chi connectivity index (χ3v) is 8.18. The molecule has 0 radical (unpaired) electrons. The molecule has 3 nitrogen and oxygen atoms in total. The van der Waals surface area contributed by atoms with E-state index in [1.54, 1.807) is 16.4 Å². The summed E-state index contributed by atoms with van der Waals surface area (Å²) in [6.07, 6.45) is 13.4. The lowest BCUT2D eigenvalue weighted by molar-refractivity contribution is 0.333. The zero-order chi connectivity index (χ0) is 21.0. The molecule has 4 heteroatoms. The van der Waals surface area contributed by atoms with E-state index in [1.165, 1.54) is 24.8 Å². The largest absolute Gasteiger partial charge is 0.243 e. The van der Waals surface area contributed by atoms with Crippen LogP contribution in [0.4, 0.5) is 0 Å². The van der Waals surface area contributed by atoms with Crippen LogP contribution in [0.15, 0.2) is 77.2 Å². The Kier molecular flexibility index (Phi) is 6.55. The lowest BCUT2D eigenvalue weighted by Gasteiger charge is -2.27. The lowest BCUT2D eigenvalue weighted by atomic mass is 9.89. The van der Waals surface area contributed by atoms with Gasteiger partial charge in [-0.3, -0.25) is 0 Å². The quantitative estimate of drug-likeness (QED) is 0.572. The molecule has 4 rings (SSSR count). The second-order valence-electron chi connectivity index (χ2n) is 8.51. The molecule has 0 unspecified atom stereocenters. The van der Waals surface area contributed by atoms with Crippen molar-refractivity contribution in [3.63, 3.8) is 0 Å². The summed E-state index contributed by atoms with van der Waals surface area (Å²) in [4.78, 5) is 0.397. The van der Waals surface area contributed by atoms with E-state index in [-0.39, 0.29) is 12.0 Å². The maximum Gasteiger partial charge on any atom is 0.243 e. The van der Waals surface area contributed by atoms with E-state index < -0.39 is 10.0 Å². The minimum absolute atomic E-state index is 0.0133. The normalized spacial score (nSPS) is 25.7. The molecule has 158 valence electrons. The number of fused-ring (bicyclic) bond motifs is 1. The molecule has 1 aliphatic heterocycles. The maximum absolute atomic E-state index is 13.6. The zero-order valence-electron chi connectivity index (χ0n) is 17.7. The Morgan fingerprint density at radius 1 is 0.933 bits per heavy atom. The number of nitrogens with zero attached hydrogens (tertiary/aromatic N) is 1. The smallest absolute Gasteiger partial charge is 0.207 e. The molecular formula is C26H31NO2S. The van der Waals surface area contributed by atoms with Gasteiger partial charge in [-0.15, -0.1) is 0 Å². The van der Waals surface area contributed by atoms with E-state index in [9.17, 15) is 8.42 Å². The Morgan fingerprint density at radius 2 is 1.67 bits per heavy atom. The van der Waals surface area contributed by atoms with Crippen molar-refractivity contribution < 1.29 is 8.42 Å². The third kappa shape index (κ3) is 4.60. The molecule has 2 aromatic rings. The van der Waals surface area contributed by atoms with Crippen molar-refractivity contribution in [2.45, 2.75) is 56.4 Å². The van der Waals surface area contributed by atoms with E-state index >= 15 is 0 Å². The van der Waals surface area contributed by atoms with Gasteiger partial charge in [0.25, 0.3) is 0 Å². The van der Waals surface area contributed by atoms with Gasteiger partial charge >= 0.3 is 0 Å². The van der Waals surface area contributed by atoms with Crippen LogP contribution < -0.4 is 0 Å². The minimum Gasteiger partial charge on any atom is -0.207 e. The standard InChI is InChI=1S/C26H31NO2S/c1-21-15-17-24(18-16-21)30(28,29)27-20-23(19-22-11-7-6-8-12-22)25-13-9-4-2-3-5-10-14-26(25)27/h6-9,11-13,15-19,25-26H,2-5,10,14,20H2,1H3/b13-9+,23-19+/t25-,26+/m1/s1. The molecule has 2 aliphatic rings. The Hall–Kier alpha value is -2.17. The highest BCUT2D eigenvalue weighted by molar-refractivity contribution is 7.89. The molecule has 0 saturated carbocycles. The summed E-state index contributed by atoms with van der Waals surface area (Å²) in [5.74, 6) is 0.142. The zero-order valence-corrected chi connectivity index (χ0v) is 18.5. The number of allylic oxidation sites excluding steroid dienone is 1. The van der Waals surface area contributed by atoms with Crippen LogP contribution in [-0.2, 0) is 10.0 Å². The predicted octanol–water partition coefficient (Wildman–Crippen LogP) is 5.98. The molecule has 0 bridgehead atoms. The van der Waals surface area contributed by atoms with Gasteiger partial charge in [-0.05, 0) is 49.5 Å². The average Bonchev–Trinajstić information content (AvgIpc) is 3.10. The highest BCUT2D eigenvalue weighted by Crippen LogP contribution is 2.39. The van der Waals surface area contributed by atoms with E-state index in [4.69, 9.17) is 0 Å². The minimum atomic E-state index is -3.54. The monoisotopic (exact) mass is 421 g/mol. The van der Waals surface area contributed by atoms with Crippen LogP contribution in [0.5, 0.6) is 0 Å². The van der Waals surface area contributed by atoms with E-state index in [0.29, 0.717) is 11.4 Å². The number of hydrogen-bond acceptors (Lipinski definition) is 2. The van der Waals surface area contributed by atoms with Crippen molar-refractivity contribution >= 4 is 16.1 Å². The Morgan fingerprint density at radius 3 is 2.43 bits per heavy atom. The first kappa shape index (κ1) is 21.1. The van der Waals surface area contributed by atoms with Crippen molar-refractivity contribution in [3.05, 3.63) is 83.4 Å². The topological polar surface area (TPSA) is 37.4 Å². The van der Waals surface area contributed by atoms with Crippen molar-refractivity contribution in [2.75, 3.05) is 6.54 Å². The maximum atomic E-state index is 13.6. The van der Waals surface area contributed by atoms with Gasteiger partial charge in [-0.1, -0.05) is 85.5 Å². The molecule has 1 heterocycles. The molecule has 30 heavy (non-hydrogen) atoms. The van der Waals surface area contributed by atoms with E-state index in [1.807, 2.05) is 37.3 Å². The van der Waals surface area contributed by atoms with Crippen LogP contribution >= 0.6 is 0 Å². The average molecular weight is 422 g/mol. The summed E-state index contributed by atoms with van der Waals surface area (Å²) < 4.78 is 29.0. The number of hydrogen-bond donors (Lipinski definition) is 0. The van der Waals surface area contributed by atoms with Gasteiger partial charge in [0.1, 0.15) is 0 Å². The van der Waals surface area contributed by atoms with Crippen LogP contribution in [0.25, 0.3) is 6.08 Å². The second kappa shape index (κ2) is 9.32. The van der Waals surface area contributed by atoms with Crippen LogP contribution in [-0.4, -0.2) is 25.3 Å². The molecule has 2 aromatic carbocycles. The number of benzene rings is 2. The fourth-order valence-electron chi connectivity index (χ4n) is 4.63. The third-order valence-electron chi connectivity index (χ3n) is 6.29. The van der Waals surface area contributed by atoms with Gasteiger partial charge in [0.05, 0.1) is 4.90 Å². The summed E-state index contributed by atoms with van der Waals surface area (Å²) in [6.45, 7) is 2.44. The molecule has 1 fully saturated rings. The molecular weight excluding hydrogens is 390 g/mol. The number of aryl methyl sites for hydroxylation is 1. The Balaban J connectivity index is 1.75. The van der Waals surface area contributed by atoms with Gasteiger partial charge in [0.15, 0.2) is 0 Å². The predicted molar refractivity (Wildman–Crippen MR) is 124 cm³/mol. The van der Waals surface area contributed by atoms with E-state index in [2.05, 4.69) is 30.4 Å². The van der Waals surface area contributed by atoms with Crippen LogP contribution in [0.2, 0.25) is 0 Å². The summed E-state index contributed by atoms with van der Waals surface area (Å²) in [7, 11) is -3.54. The first-order valence-electron chi connectivity index (χ1n) is 11.1. The first-order chi connectivity index (χ1) is 14.6.